The molecular formula is C22H24N2O3. The Morgan fingerprint density at radius 2 is 1.56 bits per heavy atom. The second kappa shape index (κ2) is 5.54. The van der Waals surface area contributed by atoms with Gasteiger partial charge in [0.25, 0.3) is 0 Å². The first kappa shape index (κ1) is 16.7. The van der Waals surface area contributed by atoms with E-state index in [1.807, 2.05) is 32.0 Å². The minimum atomic E-state index is -0.801. The molecule has 27 heavy (non-hydrogen) atoms. The van der Waals surface area contributed by atoms with E-state index in [9.17, 15) is 14.4 Å². The maximum atomic E-state index is 13.1. The number of rotatable bonds is 3. The van der Waals surface area contributed by atoms with Gasteiger partial charge < -0.3 is 5.32 Å². The van der Waals surface area contributed by atoms with Crippen LogP contribution in [0.2, 0.25) is 0 Å². The molecule has 0 aromatic heterocycles. The predicted octanol–water partition coefficient (Wildman–Crippen LogP) is 2.68. The molecule has 5 nitrogen and oxygen atoms in total. The standard InChI is InChI=1S/C22H24N2O3/c1-10-5-4-6-11(2)19(10)23-20(25)12(3)24-21(26)17-13-7-8-14(16-9-15(13)16)18(17)22(24)27/h4-8,12-18H,9H2,1-3H3,(H,23,25)/t12-,13+,14+,15-,16+,17+,18-/m0/s1. The van der Waals surface area contributed by atoms with Crippen molar-refractivity contribution in [2.24, 2.45) is 35.5 Å². The molecule has 3 amide bonds. The third-order valence-electron chi connectivity index (χ3n) is 7.19. The maximum Gasteiger partial charge on any atom is 0.247 e. The maximum absolute atomic E-state index is 13.1. The SMILES string of the molecule is Cc1cccc(C)c1NC(=O)[C@H](C)N1C(=O)[C@@H]2[C@@H]3C=C[C@H]([C@H]4C[C@@H]34)[C@@H]2C1=O. The fourth-order valence-corrected chi connectivity index (χ4v) is 5.72. The van der Waals surface area contributed by atoms with Gasteiger partial charge in [-0.1, -0.05) is 30.4 Å². The average Bonchev–Trinajstić information content (AvgIpc) is 3.42. The monoisotopic (exact) mass is 364 g/mol. The molecule has 5 aliphatic rings. The van der Waals surface area contributed by atoms with E-state index in [4.69, 9.17) is 0 Å². The van der Waals surface area contributed by atoms with Gasteiger partial charge in [0.2, 0.25) is 17.7 Å². The Bertz CT molecular complexity index is 849. The zero-order valence-corrected chi connectivity index (χ0v) is 15.8. The Balaban J connectivity index is 1.40. The molecule has 7 atom stereocenters. The van der Waals surface area contributed by atoms with Gasteiger partial charge in [-0.05, 0) is 62.0 Å². The third kappa shape index (κ3) is 2.20. The van der Waals surface area contributed by atoms with Gasteiger partial charge in [-0.2, -0.15) is 0 Å². The van der Waals surface area contributed by atoms with Crippen molar-refractivity contribution in [3.8, 4) is 0 Å². The van der Waals surface area contributed by atoms with Crippen LogP contribution in [-0.2, 0) is 14.4 Å². The second-order valence-electron chi connectivity index (χ2n) is 8.63. The van der Waals surface area contributed by atoms with Crippen LogP contribution in [0.15, 0.2) is 30.4 Å². The number of allylic oxidation sites excluding steroid dienone is 2. The molecule has 6 rings (SSSR count). The van der Waals surface area contributed by atoms with Crippen LogP contribution < -0.4 is 5.32 Å². The minimum absolute atomic E-state index is 0.154. The van der Waals surface area contributed by atoms with Crippen molar-refractivity contribution in [2.75, 3.05) is 5.32 Å². The van der Waals surface area contributed by atoms with Crippen molar-refractivity contribution in [2.45, 2.75) is 33.2 Å². The number of nitrogens with zero attached hydrogens (tertiary/aromatic N) is 1. The summed E-state index contributed by atoms with van der Waals surface area (Å²) < 4.78 is 0. The lowest BCUT2D eigenvalue weighted by Gasteiger charge is -2.37. The summed E-state index contributed by atoms with van der Waals surface area (Å²) in [4.78, 5) is 40.4. The number of imide groups is 1. The summed E-state index contributed by atoms with van der Waals surface area (Å²) in [6.07, 6.45) is 5.44. The lowest BCUT2D eigenvalue weighted by atomic mass is 9.63. The molecule has 2 bridgehead atoms. The number of hydrogen-bond donors (Lipinski definition) is 1. The minimum Gasteiger partial charge on any atom is -0.324 e. The van der Waals surface area contributed by atoms with E-state index in [0.29, 0.717) is 11.8 Å². The Labute approximate surface area is 158 Å². The molecule has 1 N–H and O–H groups in total. The molecule has 2 saturated carbocycles. The molecule has 140 valence electrons. The normalized spacial score (nSPS) is 36.5. The van der Waals surface area contributed by atoms with Gasteiger partial charge in [0.1, 0.15) is 6.04 Å². The van der Waals surface area contributed by atoms with Crippen LogP contribution in [0.5, 0.6) is 0 Å². The smallest absolute Gasteiger partial charge is 0.247 e. The third-order valence-corrected chi connectivity index (χ3v) is 7.19. The molecule has 5 heteroatoms. The Morgan fingerprint density at radius 3 is 2.07 bits per heavy atom. The summed E-state index contributed by atoms with van der Waals surface area (Å²) in [5, 5.41) is 2.93. The van der Waals surface area contributed by atoms with E-state index in [2.05, 4.69) is 17.5 Å². The number of anilines is 1. The number of hydrogen-bond acceptors (Lipinski definition) is 3. The molecule has 1 aliphatic heterocycles. The van der Waals surface area contributed by atoms with E-state index < -0.39 is 6.04 Å². The van der Waals surface area contributed by atoms with Crippen LogP contribution in [0.25, 0.3) is 0 Å². The van der Waals surface area contributed by atoms with Crippen molar-refractivity contribution < 1.29 is 14.4 Å². The fourth-order valence-electron chi connectivity index (χ4n) is 5.72. The van der Waals surface area contributed by atoms with Crippen molar-refractivity contribution >= 4 is 23.4 Å². The van der Waals surface area contributed by atoms with Crippen molar-refractivity contribution in [3.63, 3.8) is 0 Å². The van der Waals surface area contributed by atoms with Crippen LogP contribution in [0, 0.1) is 49.4 Å². The van der Waals surface area contributed by atoms with E-state index >= 15 is 0 Å². The number of carbonyl (C=O) groups is 3. The van der Waals surface area contributed by atoms with Crippen molar-refractivity contribution in [1.29, 1.82) is 0 Å². The topological polar surface area (TPSA) is 66.5 Å². The van der Waals surface area contributed by atoms with Crippen LogP contribution in [0.1, 0.15) is 24.5 Å². The molecule has 1 heterocycles. The number of aryl methyl sites for hydroxylation is 2. The van der Waals surface area contributed by atoms with Crippen LogP contribution in [-0.4, -0.2) is 28.7 Å². The first-order valence-electron chi connectivity index (χ1n) is 9.82. The van der Waals surface area contributed by atoms with Crippen LogP contribution >= 0.6 is 0 Å². The van der Waals surface area contributed by atoms with Crippen molar-refractivity contribution in [3.05, 3.63) is 41.5 Å². The van der Waals surface area contributed by atoms with Gasteiger partial charge in [-0.3, -0.25) is 19.3 Å². The highest BCUT2D eigenvalue weighted by Crippen LogP contribution is 2.65. The van der Waals surface area contributed by atoms with Gasteiger partial charge in [-0.15, -0.1) is 0 Å². The molecule has 3 fully saturated rings. The molecule has 1 aromatic rings. The van der Waals surface area contributed by atoms with Crippen molar-refractivity contribution in [1.82, 2.24) is 4.90 Å². The summed E-state index contributed by atoms with van der Waals surface area (Å²) >= 11 is 0. The summed E-state index contributed by atoms with van der Waals surface area (Å²) in [6, 6.07) is 5.01. The average molecular weight is 364 g/mol. The first-order chi connectivity index (χ1) is 12.9. The number of amides is 3. The zero-order chi connectivity index (χ0) is 19.0. The quantitative estimate of drug-likeness (QED) is 0.662. The van der Waals surface area contributed by atoms with Gasteiger partial charge in [-0.25, -0.2) is 0 Å². The molecular weight excluding hydrogens is 340 g/mol. The highest BCUT2D eigenvalue weighted by molar-refractivity contribution is 6.10. The summed E-state index contributed by atoms with van der Waals surface area (Å²) in [5.74, 6) is 0.364. The Kier molecular flexibility index (Phi) is 3.43. The first-order valence-corrected chi connectivity index (χ1v) is 9.82. The fraction of sp³-hybridized carbons (Fsp3) is 0.500. The Hall–Kier alpha value is -2.43. The van der Waals surface area contributed by atoms with E-state index in [0.717, 1.165) is 23.2 Å². The van der Waals surface area contributed by atoms with E-state index in [-0.39, 0.29) is 41.4 Å². The van der Waals surface area contributed by atoms with Gasteiger partial charge >= 0.3 is 0 Å². The lowest BCUT2D eigenvalue weighted by molar-refractivity contribution is -0.146. The Morgan fingerprint density at radius 1 is 1.04 bits per heavy atom. The molecule has 0 unspecified atom stereocenters. The predicted molar refractivity (Wildman–Crippen MR) is 101 cm³/mol. The zero-order valence-electron chi connectivity index (χ0n) is 15.8. The summed E-state index contributed by atoms with van der Waals surface area (Å²) in [7, 11) is 0. The summed E-state index contributed by atoms with van der Waals surface area (Å²) in [6.45, 7) is 5.53. The largest absolute Gasteiger partial charge is 0.324 e. The molecule has 4 aliphatic carbocycles. The summed E-state index contributed by atoms with van der Waals surface area (Å²) in [5.41, 5.74) is 2.69. The highest BCUT2D eigenvalue weighted by atomic mass is 16.2. The van der Waals surface area contributed by atoms with Gasteiger partial charge in [0.05, 0.1) is 11.8 Å². The number of carbonyl (C=O) groups excluding carboxylic acids is 3. The molecule has 1 aromatic carbocycles. The highest BCUT2D eigenvalue weighted by Gasteiger charge is 2.67. The van der Waals surface area contributed by atoms with Gasteiger partial charge in [0, 0.05) is 5.69 Å². The van der Waals surface area contributed by atoms with E-state index in [1.54, 1.807) is 6.92 Å². The number of nitrogens with one attached hydrogen (secondary N) is 1. The molecule has 0 spiro atoms. The lowest BCUT2D eigenvalue weighted by Crippen LogP contribution is -2.46. The number of para-hydroxylation sites is 1. The number of likely N-dealkylation sites (tertiary alicyclic amines) is 1. The second-order valence-corrected chi connectivity index (χ2v) is 8.63. The molecule has 0 radical (unpaired) electrons. The van der Waals surface area contributed by atoms with Gasteiger partial charge in [0.15, 0.2) is 0 Å². The van der Waals surface area contributed by atoms with Crippen LogP contribution in [0.4, 0.5) is 5.69 Å². The molecule has 1 saturated heterocycles. The van der Waals surface area contributed by atoms with Crippen LogP contribution in [0.3, 0.4) is 0 Å². The van der Waals surface area contributed by atoms with E-state index in [1.165, 1.54) is 4.90 Å². The number of benzene rings is 1.